The van der Waals surface area contributed by atoms with Gasteiger partial charge in [-0.05, 0) is 50.2 Å². The number of aryl methyl sites for hydroxylation is 2. The lowest BCUT2D eigenvalue weighted by Crippen LogP contribution is -2.47. The summed E-state index contributed by atoms with van der Waals surface area (Å²) in [6.07, 6.45) is 9.98. The molecule has 0 atom stereocenters. The van der Waals surface area contributed by atoms with Crippen molar-refractivity contribution < 1.29 is 4.74 Å². The van der Waals surface area contributed by atoms with Crippen LogP contribution in [0.25, 0.3) is 0 Å². The van der Waals surface area contributed by atoms with E-state index in [-0.39, 0.29) is 5.54 Å². The van der Waals surface area contributed by atoms with Crippen molar-refractivity contribution in [3.63, 3.8) is 0 Å². The molecule has 2 aliphatic carbocycles. The van der Waals surface area contributed by atoms with Gasteiger partial charge in [-0.25, -0.2) is 4.98 Å². The summed E-state index contributed by atoms with van der Waals surface area (Å²) in [5, 5.41) is 9.32. The Morgan fingerprint density at radius 2 is 1.95 bits per heavy atom. The Morgan fingerprint density at radius 3 is 2.71 bits per heavy atom. The van der Waals surface area contributed by atoms with E-state index >= 15 is 0 Å². The van der Waals surface area contributed by atoms with Gasteiger partial charge in [-0.3, -0.25) is 0 Å². The van der Waals surface area contributed by atoms with Crippen LogP contribution < -0.4 is 10.5 Å². The van der Waals surface area contributed by atoms with E-state index < -0.39 is 0 Å². The number of fused-ring (bicyclic) bond motifs is 1. The number of hydrogen-bond acceptors (Lipinski definition) is 4. The first-order valence-corrected chi connectivity index (χ1v) is 8.05. The fourth-order valence-electron chi connectivity index (χ4n) is 3.42. The van der Waals surface area contributed by atoms with Crippen molar-refractivity contribution in [2.45, 2.75) is 63.3 Å². The summed E-state index contributed by atoms with van der Waals surface area (Å²) in [6.45, 7) is 0.466. The van der Waals surface area contributed by atoms with Crippen molar-refractivity contribution in [1.82, 2.24) is 4.98 Å². The van der Waals surface area contributed by atoms with Gasteiger partial charge in [-0.2, -0.15) is 5.26 Å². The normalized spacial score (nSPS) is 20.4. The Morgan fingerprint density at radius 1 is 1.19 bits per heavy atom. The molecule has 0 spiro atoms. The lowest BCUT2D eigenvalue weighted by Gasteiger charge is -2.33. The maximum Gasteiger partial charge on any atom is 0.231 e. The zero-order valence-corrected chi connectivity index (χ0v) is 12.5. The molecule has 0 radical (unpaired) electrons. The maximum atomic E-state index is 9.32. The van der Waals surface area contributed by atoms with Crippen LogP contribution in [0.5, 0.6) is 5.88 Å². The average molecular weight is 285 g/mol. The molecule has 3 rings (SSSR count). The molecule has 0 unspecified atom stereocenters. The van der Waals surface area contributed by atoms with Gasteiger partial charge in [0.1, 0.15) is 18.2 Å². The summed E-state index contributed by atoms with van der Waals surface area (Å²) in [4.78, 5) is 4.60. The maximum absolute atomic E-state index is 9.32. The molecule has 1 aromatic heterocycles. The Bertz CT molecular complexity index is 556. The van der Waals surface area contributed by atoms with E-state index in [1.54, 1.807) is 0 Å². The molecule has 0 aliphatic heterocycles. The zero-order chi connectivity index (χ0) is 14.7. The van der Waals surface area contributed by atoms with Crippen LogP contribution in [0.1, 0.15) is 61.8 Å². The molecule has 2 aliphatic rings. The fraction of sp³-hybridized carbons (Fsp3) is 0.647. The smallest absolute Gasteiger partial charge is 0.231 e. The predicted octanol–water partition coefficient (Wildman–Crippen LogP) is 2.87. The van der Waals surface area contributed by atoms with Crippen LogP contribution in [0.4, 0.5) is 0 Å². The van der Waals surface area contributed by atoms with Crippen LogP contribution in [0, 0.1) is 11.3 Å². The summed E-state index contributed by atoms with van der Waals surface area (Å²) in [7, 11) is 0. The van der Waals surface area contributed by atoms with E-state index in [0.29, 0.717) is 18.1 Å². The Balaban J connectivity index is 1.76. The number of rotatable bonds is 3. The molecule has 1 fully saturated rings. The predicted molar refractivity (Wildman–Crippen MR) is 81.1 cm³/mol. The molecule has 21 heavy (non-hydrogen) atoms. The molecular weight excluding hydrogens is 262 g/mol. The van der Waals surface area contributed by atoms with Crippen molar-refractivity contribution in [1.29, 1.82) is 5.26 Å². The van der Waals surface area contributed by atoms with Gasteiger partial charge in [0.05, 0.1) is 5.54 Å². The molecular formula is C17H23N3O. The van der Waals surface area contributed by atoms with E-state index in [4.69, 9.17) is 10.5 Å². The molecule has 1 saturated carbocycles. The lowest BCUT2D eigenvalue weighted by atomic mass is 9.83. The van der Waals surface area contributed by atoms with Gasteiger partial charge in [-0.1, -0.05) is 19.3 Å². The van der Waals surface area contributed by atoms with Crippen molar-refractivity contribution in [2.24, 2.45) is 5.73 Å². The van der Waals surface area contributed by atoms with Gasteiger partial charge in [0.2, 0.25) is 5.88 Å². The summed E-state index contributed by atoms with van der Waals surface area (Å²) in [5.41, 5.74) is 9.02. The van der Waals surface area contributed by atoms with Gasteiger partial charge in [-0.15, -0.1) is 0 Å². The first kappa shape index (κ1) is 14.3. The van der Waals surface area contributed by atoms with Crippen LogP contribution in [-0.2, 0) is 12.8 Å². The molecule has 2 N–H and O–H groups in total. The third-order valence-electron chi connectivity index (χ3n) is 4.73. The number of aromatic nitrogens is 1. The highest BCUT2D eigenvalue weighted by Gasteiger charge is 2.29. The summed E-state index contributed by atoms with van der Waals surface area (Å²) in [5.74, 6) is 0.480. The quantitative estimate of drug-likeness (QED) is 0.927. The van der Waals surface area contributed by atoms with Crippen LogP contribution in [0.3, 0.4) is 0 Å². The molecule has 1 heterocycles. The second kappa shape index (κ2) is 6.03. The van der Waals surface area contributed by atoms with Gasteiger partial charge in [0, 0.05) is 5.69 Å². The number of nitrogens with two attached hydrogens (primary N) is 1. The number of nitriles is 1. The average Bonchev–Trinajstić information content (AvgIpc) is 2.53. The van der Waals surface area contributed by atoms with E-state index in [9.17, 15) is 5.26 Å². The van der Waals surface area contributed by atoms with Gasteiger partial charge < -0.3 is 10.5 Å². The second-order valence-corrected chi connectivity index (χ2v) is 6.48. The number of nitrogens with zero attached hydrogens (tertiary/aromatic N) is 2. The molecule has 0 aromatic carbocycles. The summed E-state index contributed by atoms with van der Waals surface area (Å²) >= 11 is 0. The Labute approximate surface area is 126 Å². The molecule has 0 amide bonds. The minimum absolute atomic E-state index is 0.247. The third-order valence-corrected chi connectivity index (χ3v) is 4.73. The molecule has 4 nitrogen and oxygen atoms in total. The van der Waals surface area contributed by atoms with Gasteiger partial charge in [0.25, 0.3) is 0 Å². The lowest BCUT2D eigenvalue weighted by molar-refractivity contribution is 0.168. The van der Waals surface area contributed by atoms with Crippen LogP contribution in [-0.4, -0.2) is 17.1 Å². The fourth-order valence-corrected chi connectivity index (χ4v) is 3.42. The van der Waals surface area contributed by atoms with E-state index in [2.05, 4.69) is 11.1 Å². The minimum atomic E-state index is -0.247. The van der Waals surface area contributed by atoms with E-state index in [1.807, 2.05) is 6.07 Å². The van der Waals surface area contributed by atoms with E-state index in [1.165, 1.54) is 37.7 Å². The largest absolute Gasteiger partial charge is 0.475 e. The van der Waals surface area contributed by atoms with Crippen LogP contribution >= 0.6 is 0 Å². The van der Waals surface area contributed by atoms with Crippen molar-refractivity contribution in [3.05, 3.63) is 22.9 Å². The van der Waals surface area contributed by atoms with Crippen molar-refractivity contribution in [3.8, 4) is 11.9 Å². The SMILES string of the molecule is N#Cc1cc2c(nc1OCC1(N)CCCCC1)CCCC2. The monoisotopic (exact) mass is 285 g/mol. The van der Waals surface area contributed by atoms with Crippen molar-refractivity contribution in [2.75, 3.05) is 6.61 Å². The van der Waals surface area contributed by atoms with Gasteiger partial charge in [0.15, 0.2) is 0 Å². The molecule has 0 bridgehead atoms. The zero-order valence-electron chi connectivity index (χ0n) is 12.5. The first-order valence-electron chi connectivity index (χ1n) is 8.05. The molecule has 1 aromatic rings. The summed E-state index contributed by atoms with van der Waals surface area (Å²) in [6, 6.07) is 4.18. The molecule has 4 heteroatoms. The second-order valence-electron chi connectivity index (χ2n) is 6.48. The highest BCUT2D eigenvalue weighted by atomic mass is 16.5. The molecule has 0 saturated heterocycles. The number of hydrogen-bond donors (Lipinski definition) is 1. The minimum Gasteiger partial charge on any atom is -0.475 e. The number of ether oxygens (including phenoxy) is 1. The topological polar surface area (TPSA) is 71.9 Å². The third kappa shape index (κ3) is 3.19. The highest BCUT2D eigenvalue weighted by molar-refractivity contribution is 5.43. The number of pyridine rings is 1. The summed E-state index contributed by atoms with van der Waals surface area (Å²) < 4.78 is 5.88. The molecule has 112 valence electrons. The Kier molecular flexibility index (Phi) is 4.12. The highest BCUT2D eigenvalue weighted by Crippen LogP contribution is 2.29. The van der Waals surface area contributed by atoms with Gasteiger partial charge >= 0.3 is 0 Å². The van der Waals surface area contributed by atoms with Crippen molar-refractivity contribution >= 4 is 0 Å². The van der Waals surface area contributed by atoms with Crippen LogP contribution in [0.2, 0.25) is 0 Å². The standard InChI is InChI=1S/C17H23N3O/c18-11-14-10-13-6-2-3-7-15(13)20-16(14)21-12-17(19)8-4-1-5-9-17/h10H,1-9,12,19H2. The first-order chi connectivity index (χ1) is 10.2. The van der Waals surface area contributed by atoms with E-state index in [0.717, 1.165) is 31.4 Å². The van der Waals surface area contributed by atoms with Crippen LogP contribution in [0.15, 0.2) is 6.07 Å². The Hall–Kier alpha value is -1.60.